The summed E-state index contributed by atoms with van der Waals surface area (Å²) in [4.78, 5) is 4.60. The van der Waals surface area contributed by atoms with Crippen LogP contribution in [0.5, 0.6) is 11.5 Å². The van der Waals surface area contributed by atoms with Crippen LogP contribution in [0.4, 0.5) is 0 Å². The van der Waals surface area contributed by atoms with Crippen molar-refractivity contribution in [1.29, 1.82) is 0 Å². The Balaban J connectivity index is 2.02. The molecule has 0 heterocycles. The lowest BCUT2D eigenvalue weighted by Gasteiger charge is -2.12. The van der Waals surface area contributed by atoms with Gasteiger partial charge < -0.3 is 15.2 Å². The highest BCUT2D eigenvalue weighted by atomic mass is 32.2. The number of aryl methyl sites for hydroxylation is 1. The maximum absolute atomic E-state index is 6.04. The number of aliphatic imine (C=N–C) groups is 1. The van der Waals surface area contributed by atoms with Crippen molar-refractivity contribution in [2.24, 2.45) is 10.7 Å². The van der Waals surface area contributed by atoms with Crippen molar-refractivity contribution in [2.75, 3.05) is 14.2 Å². The molecule has 1 aliphatic rings. The van der Waals surface area contributed by atoms with Gasteiger partial charge in [-0.3, -0.25) is 4.99 Å². The molecule has 5 heteroatoms. The first-order chi connectivity index (χ1) is 10.1. The summed E-state index contributed by atoms with van der Waals surface area (Å²) in [5.74, 6) is 2.31. The predicted molar refractivity (Wildman–Crippen MR) is 89.5 cm³/mol. The molecule has 0 spiro atoms. The molecule has 116 valence electrons. The summed E-state index contributed by atoms with van der Waals surface area (Å²) in [6.45, 7) is 2.07. The zero-order valence-corrected chi connectivity index (χ0v) is 13.8. The van der Waals surface area contributed by atoms with Gasteiger partial charge in [0.25, 0.3) is 0 Å². The van der Waals surface area contributed by atoms with Crippen LogP contribution in [0.3, 0.4) is 0 Å². The standard InChI is InChI=1S/C16H24N2O2S/c1-11-8-14(19-2)15(20-3)9-12(11)10-21-16(17)18-13-6-4-5-7-13/h8-9,13H,4-7,10H2,1-3H3,(H2,17,18). The summed E-state index contributed by atoms with van der Waals surface area (Å²) in [5, 5.41) is 0.691. The van der Waals surface area contributed by atoms with Crippen LogP contribution in [0.1, 0.15) is 36.8 Å². The first-order valence-corrected chi connectivity index (χ1v) is 8.30. The molecule has 2 rings (SSSR count). The van der Waals surface area contributed by atoms with E-state index < -0.39 is 0 Å². The van der Waals surface area contributed by atoms with Crippen molar-refractivity contribution >= 4 is 16.9 Å². The van der Waals surface area contributed by atoms with E-state index >= 15 is 0 Å². The van der Waals surface area contributed by atoms with Gasteiger partial charge in [-0.05, 0) is 43.0 Å². The van der Waals surface area contributed by atoms with Gasteiger partial charge in [0, 0.05) is 5.75 Å². The summed E-state index contributed by atoms with van der Waals surface area (Å²) in [7, 11) is 3.30. The molecular formula is C16H24N2O2S. The van der Waals surface area contributed by atoms with E-state index in [0.717, 1.165) is 17.3 Å². The summed E-state index contributed by atoms with van der Waals surface area (Å²) >= 11 is 1.59. The van der Waals surface area contributed by atoms with Crippen LogP contribution in [0, 0.1) is 6.92 Å². The summed E-state index contributed by atoms with van der Waals surface area (Å²) in [6, 6.07) is 4.45. The van der Waals surface area contributed by atoms with Crippen molar-refractivity contribution in [3.63, 3.8) is 0 Å². The minimum Gasteiger partial charge on any atom is -0.493 e. The Morgan fingerprint density at radius 2 is 1.86 bits per heavy atom. The van der Waals surface area contributed by atoms with Crippen LogP contribution in [-0.2, 0) is 5.75 Å². The van der Waals surface area contributed by atoms with Crippen LogP contribution < -0.4 is 15.2 Å². The first-order valence-electron chi connectivity index (χ1n) is 7.31. The van der Waals surface area contributed by atoms with E-state index in [-0.39, 0.29) is 0 Å². The second-order valence-electron chi connectivity index (χ2n) is 5.33. The third-order valence-electron chi connectivity index (χ3n) is 3.85. The van der Waals surface area contributed by atoms with Crippen molar-refractivity contribution in [3.8, 4) is 11.5 Å². The Labute approximate surface area is 131 Å². The average molecular weight is 308 g/mol. The Morgan fingerprint density at radius 3 is 2.48 bits per heavy atom. The molecule has 0 saturated heterocycles. The zero-order valence-electron chi connectivity index (χ0n) is 13.0. The highest BCUT2D eigenvalue weighted by Gasteiger charge is 2.14. The summed E-state index contributed by atoms with van der Waals surface area (Å²) in [5.41, 5.74) is 8.41. The Bertz CT molecular complexity index is 511. The molecule has 0 unspecified atom stereocenters. The summed E-state index contributed by atoms with van der Waals surface area (Å²) in [6.07, 6.45) is 4.91. The SMILES string of the molecule is COc1cc(C)c(CSC(N)=NC2CCCC2)cc1OC. The quantitative estimate of drug-likeness (QED) is 0.668. The molecule has 0 amide bonds. The molecule has 1 aromatic carbocycles. The molecule has 0 radical (unpaired) electrons. The highest BCUT2D eigenvalue weighted by molar-refractivity contribution is 8.13. The first kappa shape index (κ1) is 16.0. The van der Waals surface area contributed by atoms with E-state index in [1.165, 1.54) is 36.8 Å². The topological polar surface area (TPSA) is 56.8 Å². The molecule has 1 aromatic rings. The van der Waals surface area contributed by atoms with Gasteiger partial charge in [0.15, 0.2) is 16.7 Å². The minimum absolute atomic E-state index is 0.434. The number of hydrogen-bond acceptors (Lipinski definition) is 4. The molecule has 1 fully saturated rings. The van der Waals surface area contributed by atoms with E-state index in [2.05, 4.69) is 11.9 Å². The normalized spacial score (nSPS) is 16.2. The van der Waals surface area contributed by atoms with Gasteiger partial charge in [-0.25, -0.2) is 0 Å². The number of rotatable bonds is 5. The summed E-state index contributed by atoms with van der Waals surface area (Å²) < 4.78 is 10.7. The van der Waals surface area contributed by atoms with Gasteiger partial charge >= 0.3 is 0 Å². The average Bonchev–Trinajstić information content (AvgIpc) is 2.98. The molecule has 0 bridgehead atoms. The van der Waals surface area contributed by atoms with Gasteiger partial charge in [0.1, 0.15) is 0 Å². The molecule has 1 saturated carbocycles. The van der Waals surface area contributed by atoms with E-state index in [1.807, 2.05) is 12.1 Å². The van der Waals surface area contributed by atoms with Gasteiger partial charge in [0.05, 0.1) is 20.3 Å². The van der Waals surface area contributed by atoms with Crippen molar-refractivity contribution in [3.05, 3.63) is 23.3 Å². The van der Waals surface area contributed by atoms with Crippen molar-refractivity contribution in [1.82, 2.24) is 0 Å². The number of hydrogen-bond donors (Lipinski definition) is 1. The van der Waals surface area contributed by atoms with E-state index in [4.69, 9.17) is 15.2 Å². The molecule has 21 heavy (non-hydrogen) atoms. The third-order valence-corrected chi connectivity index (χ3v) is 4.71. The van der Waals surface area contributed by atoms with Crippen LogP contribution in [0.2, 0.25) is 0 Å². The van der Waals surface area contributed by atoms with E-state index in [1.54, 1.807) is 26.0 Å². The lowest BCUT2D eigenvalue weighted by molar-refractivity contribution is 0.354. The van der Waals surface area contributed by atoms with Gasteiger partial charge in [0.2, 0.25) is 0 Å². The fourth-order valence-electron chi connectivity index (χ4n) is 2.58. The number of ether oxygens (including phenoxy) is 2. The minimum atomic E-state index is 0.434. The van der Waals surface area contributed by atoms with Crippen LogP contribution in [0.15, 0.2) is 17.1 Å². The van der Waals surface area contributed by atoms with E-state index in [0.29, 0.717) is 11.2 Å². The molecule has 0 aromatic heterocycles. The number of thioether (sulfide) groups is 1. The lowest BCUT2D eigenvalue weighted by Crippen LogP contribution is -2.11. The molecule has 2 N–H and O–H groups in total. The zero-order chi connectivity index (χ0) is 15.2. The lowest BCUT2D eigenvalue weighted by atomic mass is 10.1. The Kier molecular flexibility index (Phi) is 5.79. The second-order valence-corrected chi connectivity index (χ2v) is 6.32. The largest absolute Gasteiger partial charge is 0.493 e. The predicted octanol–water partition coefficient (Wildman–Crippen LogP) is 3.50. The van der Waals surface area contributed by atoms with Crippen LogP contribution >= 0.6 is 11.8 Å². The maximum Gasteiger partial charge on any atom is 0.161 e. The number of methoxy groups -OCH3 is 2. The molecular weight excluding hydrogens is 284 g/mol. The maximum atomic E-state index is 6.04. The third kappa shape index (κ3) is 4.30. The van der Waals surface area contributed by atoms with Crippen LogP contribution in [0.25, 0.3) is 0 Å². The Hall–Kier alpha value is -1.36. The monoisotopic (exact) mass is 308 g/mol. The molecule has 0 atom stereocenters. The molecule has 1 aliphatic carbocycles. The van der Waals surface area contributed by atoms with Crippen molar-refractivity contribution < 1.29 is 9.47 Å². The highest BCUT2D eigenvalue weighted by Crippen LogP contribution is 2.32. The molecule has 0 aliphatic heterocycles. The number of nitrogens with zero attached hydrogens (tertiary/aromatic N) is 1. The number of benzene rings is 1. The smallest absolute Gasteiger partial charge is 0.161 e. The van der Waals surface area contributed by atoms with Gasteiger partial charge in [-0.15, -0.1) is 0 Å². The van der Waals surface area contributed by atoms with Gasteiger partial charge in [-0.2, -0.15) is 0 Å². The fourth-order valence-corrected chi connectivity index (χ4v) is 3.42. The van der Waals surface area contributed by atoms with E-state index in [9.17, 15) is 0 Å². The van der Waals surface area contributed by atoms with Crippen LogP contribution in [-0.4, -0.2) is 25.4 Å². The van der Waals surface area contributed by atoms with Crippen molar-refractivity contribution in [2.45, 2.75) is 44.4 Å². The Morgan fingerprint density at radius 1 is 1.24 bits per heavy atom. The fraction of sp³-hybridized carbons (Fsp3) is 0.562. The number of nitrogens with two attached hydrogens (primary N) is 1. The van der Waals surface area contributed by atoms with Gasteiger partial charge in [-0.1, -0.05) is 24.6 Å². The number of amidine groups is 1. The molecule has 4 nitrogen and oxygen atoms in total. The second kappa shape index (κ2) is 7.59.